The highest BCUT2D eigenvalue weighted by atomic mass is 32.1. The molecule has 0 saturated heterocycles. The Kier molecular flexibility index (Phi) is 4.93. The highest BCUT2D eigenvalue weighted by Crippen LogP contribution is 2.25. The molecule has 0 fully saturated rings. The summed E-state index contributed by atoms with van der Waals surface area (Å²) in [6.07, 6.45) is 1.81. The molecule has 3 nitrogen and oxygen atoms in total. The smallest absolute Gasteiger partial charge is 0.124 e. The number of rotatable bonds is 6. The van der Waals surface area contributed by atoms with Crippen molar-refractivity contribution in [1.29, 1.82) is 0 Å². The third kappa shape index (κ3) is 3.55. The number of benzene rings is 1. The van der Waals surface area contributed by atoms with Gasteiger partial charge in [-0.2, -0.15) is 0 Å². The molecule has 1 aromatic heterocycles. The molecule has 102 valence electrons. The Morgan fingerprint density at radius 2 is 2.16 bits per heavy atom. The molecule has 0 aliphatic rings. The Hall–Kier alpha value is -1.39. The topological polar surface area (TPSA) is 48.1 Å². The van der Waals surface area contributed by atoms with Gasteiger partial charge in [0.15, 0.2) is 0 Å². The standard InChI is InChI=1S/C15H20N2OS/c1-3-13(16)12-6-4-5-7-14(12)18-9-8-15-11(2)17-10-19-15/h4-7,10,13H,3,8-9,16H2,1-2H3/t13-/m0/s1. The molecule has 4 heteroatoms. The van der Waals surface area contributed by atoms with Crippen molar-refractivity contribution in [2.24, 2.45) is 5.73 Å². The summed E-state index contributed by atoms with van der Waals surface area (Å²) in [7, 11) is 0. The van der Waals surface area contributed by atoms with Crippen LogP contribution in [0.1, 0.15) is 35.5 Å². The lowest BCUT2D eigenvalue weighted by atomic mass is 10.0. The van der Waals surface area contributed by atoms with Gasteiger partial charge in [0.25, 0.3) is 0 Å². The molecule has 1 atom stereocenters. The van der Waals surface area contributed by atoms with Crippen LogP contribution in [0.15, 0.2) is 29.8 Å². The van der Waals surface area contributed by atoms with Crippen molar-refractivity contribution in [2.45, 2.75) is 32.7 Å². The quantitative estimate of drug-likeness (QED) is 0.878. The highest BCUT2D eigenvalue weighted by Gasteiger charge is 2.10. The lowest BCUT2D eigenvalue weighted by Crippen LogP contribution is -2.11. The van der Waals surface area contributed by atoms with Crippen LogP contribution in [0, 0.1) is 6.92 Å². The number of nitrogens with zero attached hydrogens (tertiary/aromatic N) is 1. The molecule has 0 unspecified atom stereocenters. The van der Waals surface area contributed by atoms with Crippen molar-refractivity contribution in [3.8, 4) is 5.75 Å². The molecular weight excluding hydrogens is 256 g/mol. The van der Waals surface area contributed by atoms with E-state index in [0.717, 1.165) is 29.8 Å². The van der Waals surface area contributed by atoms with Crippen LogP contribution in [0.25, 0.3) is 0 Å². The lowest BCUT2D eigenvalue weighted by Gasteiger charge is -2.15. The maximum Gasteiger partial charge on any atom is 0.124 e. The van der Waals surface area contributed by atoms with Gasteiger partial charge in [-0.25, -0.2) is 4.98 Å². The second-order valence-electron chi connectivity index (χ2n) is 4.51. The van der Waals surface area contributed by atoms with E-state index in [1.54, 1.807) is 11.3 Å². The van der Waals surface area contributed by atoms with Gasteiger partial charge in [0.05, 0.1) is 17.8 Å². The molecule has 2 aromatic rings. The second kappa shape index (κ2) is 6.68. The van der Waals surface area contributed by atoms with Gasteiger partial charge >= 0.3 is 0 Å². The van der Waals surface area contributed by atoms with E-state index in [0.29, 0.717) is 6.61 Å². The van der Waals surface area contributed by atoms with Crippen LogP contribution in [0.2, 0.25) is 0 Å². The fourth-order valence-electron chi connectivity index (χ4n) is 1.96. The van der Waals surface area contributed by atoms with Crippen molar-refractivity contribution in [3.05, 3.63) is 45.9 Å². The molecule has 1 aromatic carbocycles. The van der Waals surface area contributed by atoms with E-state index in [9.17, 15) is 0 Å². The van der Waals surface area contributed by atoms with Crippen molar-refractivity contribution in [3.63, 3.8) is 0 Å². The van der Waals surface area contributed by atoms with E-state index in [1.807, 2.05) is 36.7 Å². The fourth-order valence-corrected chi connectivity index (χ4v) is 2.72. The zero-order valence-electron chi connectivity index (χ0n) is 11.4. The number of thiazole rings is 1. The maximum absolute atomic E-state index is 6.10. The minimum absolute atomic E-state index is 0.0429. The molecule has 0 aliphatic heterocycles. The molecule has 0 bridgehead atoms. The Morgan fingerprint density at radius 1 is 1.37 bits per heavy atom. The van der Waals surface area contributed by atoms with Crippen LogP contribution < -0.4 is 10.5 Å². The number of para-hydroxylation sites is 1. The number of aryl methyl sites for hydroxylation is 1. The number of hydrogen-bond acceptors (Lipinski definition) is 4. The Morgan fingerprint density at radius 3 is 2.84 bits per heavy atom. The van der Waals surface area contributed by atoms with E-state index in [4.69, 9.17) is 10.5 Å². The van der Waals surface area contributed by atoms with Gasteiger partial charge in [-0.3, -0.25) is 0 Å². The minimum atomic E-state index is 0.0429. The number of nitrogens with two attached hydrogens (primary N) is 1. The maximum atomic E-state index is 6.10. The van der Waals surface area contributed by atoms with Crippen LogP contribution in [0.3, 0.4) is 0 Å². The SMILES string of the molecule is CC[C@H](N)c1ccccc1OCCc1scnc1C. The van der Waals surface area contributed by atoms with Gasteiger partial charge in [-0.1, -0.05) is 25.1 Å². The van der Waals surface area contributed by atoms with E-state index in [2.05, 4.69) is 11.9 Å². The van der Waals surface area contributed by atoms with Gasteiger partial charge in [0.1, 0.15) is 5.75 Å². The predicted molar refractivity (Wildman–Crippen MR) is 79.7 cm³/mol. The van der Waals surface area contributed by atoms with Crippen LogP contribution >= 0.6 is 11.3 Å². The van der Waals surface area contributed by atoms with Gasteiger partial charge < -0.3 is 10.5 Å². The van der Waals surface area contributed by atoms with Gasteiger partial charge in [0, 0.05) is 22.9 Å². The molecule has 0 saturated carbocycles. The molecule has 2 N–H and O–H groups in total. The second-order valence-corrected chi connectivity index (χ2v) is 5.45. The van der Waals surface area contributed by atoms with Crippen LogP contribution in [-0.2, 0) is 6.42 Å². The summed E-state index contributed by atoms with van der Waals surface area (Å²) in [5.74, 6) is 0.902. The molecule has 19 heavy (non-hydrogen) atoms. The van der Waals surface area contributed by atoms with E-state index < -0.39 is 0 Å². The highest BCUT2D eigenvalue weighted by molar-refractivity contribution is 7.09. The third-order valence-electron chi connectivity index (χ3n) is 3.19. The normalized spacial score (nSPS) is 12.4. The molecule has 1 heterocycles. The van der Waals surface area contributed by atoms with E-state index in [-0.39, 0.29) is 6.04 Å². The summed E-state index contributed by atoms with van der Waals surface area (Å²) in [5.41, 5.74) is 10.2. The summed E-state index contributed by atoms with van der Waals surface area (Å²) in [6, 6.07) is 8.07. The first-order chi connectivity index (χ1) is 9.22. The largest absolute Gasteiger partial charge is 0.493 e. The number of aromatic nitrogens is 1. The first-order valence-electron chi connectivity index (χ1n) is 6.58. The number of ether oxygens (including phenoxy) is 1. The van der Waals surface area contributed by atoms with Gasteiger partial charge in [-0.05, 0) is 19.4 Å². The van der Waals surface area contributed by atoms with Crippen molar-refractivity contribution >= 4 is 11.3 Å². The van der Waals surface area contributed by atoms with Gasteiger partial charge in [-0.15, -0.1) is 11.3 Å². The van der Waals surface area contributed by atoms with Crippen LogP contribution in [0.5, 0.6) is 5.75 Å². The molecular formula is C15H20N2OS. The molecule has 2 rings (SSSR count). The monoisotopic (exact) mass is 276 g/mol. The van der Waals surface area contributed by atoms with Gasteiger partial charge in [0.2, 0.25) is 0 Å². The Labute approximate surface area is 118 Å². The summed E-state index contributed by atoms with van der Waals surface area (Å²) in [6.45, 7) is 4.78. The third-order valence-corrected chi connectivity index (χ3v) is 4.18. The van der Waals surface area contributed by atoms with E-state index in [1.165, 1.54) is 4.88 Å². The van der Waals surface area contributed by atoms with E-state index >= 15 is 0 Å². The van der Waals surface area contributed by atoms with Crippen LogP contribution in [-0.4, -0.2) is 11.6 Å². The molecule has 0 spiro atoms. The first-order valence-corrected chi connectivity index (χ1v) is 7.46. The summed E-state index contributed by atoms with van der Waals surface area (Å²) < 4.78 is 5.89. The molecule has 0 amide bonds. The van der Waals surface area contributed by atoms with Crippen molar-refractivity contribution in [2.75, 3.05) is 6.61 Å². The predicted octanol–water partition coefficient (Wildman–Crippen LogP) is 3.48. The van der Waals surface area contributed by atoms with Crippen LogP contribution in [0.4, 0.5) is 0 Å². The average Bonchev–Trinajstić information content (AvgIpc) is 2.84. The molecule has 0 radical (unpaired) electrons. The summed E-state index contributed by atoms with van der Waals surface area (Å²) in [5, 5.41) is 0. The lowest BCUT2D eigenvalue weighted by molar-refractivity contribution is 0.317. The Balaban J connectivity index is 1.98. The minimum Gasteiger partial charge on any atom is -0.493 e. The first kappa shape index (κ1) is 14.0. The molecule has 0 aliphatic carbocycles. The summed E-state index contributed by atoms with van der Waals surface area (Å²) in [4.78, 5) is 5.53. The van der Waals surface area contributed by atoms with Crippen molar-refractivity contribution < 1.29 is 4.74 Å². The zero-order valence-corrected chi connectivity index (χ0v) is 12.2. The summed E-state index contributed by atoms with van der Waals surface area (Å²) >= 11 is 1.68. The van der Waals surface area contributed by atoms with Crippen molar-refractivity contribution in [1.82, 2.24) is 4.98 Å². The zero-order chi connectivity index (χ0) is 13.7. The number of hydrogen-bond donors (Lipinski definition) is 1. The average molecular weight is 276 g/mol. The fraction of sp³-hybridized carbons (Fsp3) is 0.400. The Bertz CT molecular complexity index is 524.